The molecular weight excluding hydrogens is 216 g/mol. The second-order valence-corrected chi connectivity index (χ2v) is 4.12. The number of hydrogen-bond acceptors (Lipinski definition) is 4. The normalized spacial score (nSPS) is 11.0. The Hall–Kier alpha value is -1.62. The lowest BCUT2D eigenvalue weighted by atomic mass is 10.3. The lowest BCUT2D eigenvalue weighted by molar-refractivity contribution is 0.491. The van der Waals surface area contributed by atoms with Gasteiger partial charge in [-0.3, -0.25) is 4.68 Å². The monoisotopic (exact) mass is 234 g/mol. The first-order valence-electron chi connectivity index (χ1n) is 5.81. The van der Waals surface area contributed by atoms with E-state index in [1.54, 1.807) is 6.20 Å². The molecule has 0 radical (unpaired) electrons. The van der Waals surface area contributed by atoms with Gasteiger partial charge in [0.05, 0.1) is 11.9 Å². The van der Waals surface area contributed by atoms with Gasteiger partial charge in [0.1, 0.15) is 5.69 Å². The molecule has 0 spiro atoms. The van der Waals surface area contributed by atoms with Crippen LogP contribution in [0, 0.1) is 6.92 Å². The number of nitrogens with one attached hydrogen (secondary N) is 1. The van der Waals surface area contributed by atoms with Crippen molar-refractivity contribution in [3.63, 3.8) is 0 Å². The molecule has 0 aliphatic heterocycles. The molecule has 0 saturated carbocycles. The van der Waals surface area contributed by atoms with Crippen LogP contribution in [0.3, 0.4) is 0 Å². The highest BCUT2D eigenvalue weighted by Crippen LogP contribution is 2.21. The number of aromatic nitrogens is 3. The van der Waals surface area contributed by atoms with Gasteiger partial charge in [-0.15, -0.1) is 0 Å². The molecule has 2 rings (SSSR count). The van der Waals surface area contributed by atoms with Crippen LogP contribution in [-0.2, 0) is 13.5 Å². The van der Waals surface area contributed by atoms with Gasteiger partial charge in [0, 0.05) is 13.5 Å². The molecule has 0 bridgehead atoms. The molecule has 92 valence electrons. The van der Waals surface area contributed by atoms with Crippen molar-refractivity contribution in [2.45, 2.75) is 19.8 Å². The molecule has 0 atom stereocenters. The molecular formula is C12H18N4O. The predicted octanol–water partition coefficient (Wildman–Crippen LogP) is 1.54. The number of rotatable bonds is 5. The minimum Gasteiger partial charge on any atom is -0.439 e. The van der Waals surface area contributed by atoms with E-state index in [-0.39, 0.29) is 0 Å². The average Bonchev–Trinajstić information content (AvgIpc) is 2.86. The van der Waals surface area contributed by atoms with Crippen LogP contribution in [0.15, 0.2) is 16.7 Å². The van der Waals surface area contributed by atoms with Crippen LogP contribution in [0.1, 0.15) is 18.0 Å². The van der Waals surface area contributed by atoms with Crippen LogP contribution < -0.4 is 5.32 Å². The maximum absolute atomic E-state index is 5.71. The maximum atomic E-state index is 5.71. The van der Waals surface area contributed by atoms with E-state index in [0.717, 1.165) is 42.4 Å². The highest BCUT2D eigenvalue weighted by Gasteiger charge is 2.10. The molecule has 17 heavy (non-hydrogen) atoms. The summed E-state index contributed by atoms with van der Waals surface area (Å²) in [5.41, 5.74) is 1.95. The molecule has 5 heteroatoms. The summed E-state index contributed by atoms with van der Waals surface area (Å²) in [5.74, 6) is 1.57. The van der Waals surface area contributed by atoms with E-state index in [0.29, 0.717) is 0 Å². The smallest absolute Gasteiger partial charge is 0.195 e. The van der Waals surface area contributed by atoms with Crippen molar-refractivity contribution < 1.29 is 4.42 Å². The van der Waals surface area contributed by atoms with Gasteiger partial charge in [-0.2, -0.15) is 5.10 Å². The Morgan fingerprint density at radius 3 is 2.94 bits per heavy atom. The van der Waals surface area contributed by atoms with Crippen LogP contribution in [0.25, 0.3) is 11.5 Å². The highest BCUT2D eigenvalue weighted by atomic mass is 16.4. The van der Waals surface area contributed by atoms with Gasteiger partial charge in [0.15, 0.2) is 11.7 Å². The lowest BCUT2D eigenvalue weighted by Crippen LogP contribution is -2.08. The molecule has 0 unspecified atom stereocenters. The van der Waals surface area contributed by atoms with E-state index in [2.05, 4.69) is 15.4 Å². The van der Waals surface area contributed by atoms with Crippen LogP contribution in [0.2, 0.25) is 0 Å². The summed E-state index contributed by atoms with van der Waals surface area (Å²) in [4.78, 5) is 4.28. The zero-order chi connectivity index (χ0) is 12.3. The SMILES string of the molecule is CNCCCc1ncc(-c2cc(C)nn2C)o1. The van der Waals surface area contributed by atoms with Crippen molar-refractivity contribution >= 4 is 0 Å². The van der Waals surface area contributed by atoms with E-state index in [4.69, 9.17) is 4.42 Å². The van der Waals surface area contributed by atoms with E-state index in [9.17, 15) is 0 Å². The Bertz CT molecular complexity index is 486. The fourth-order valence-electron chi connectivity index (χ4n) is 1.80. The zero-order valence-corrected chi connectivity index (χ0v) is 10.5. The quantitative estimate of drug-likeness (QED) is 0.797. The molecule has 1 N–H and O–H groups in total. The van der Waals surface area contributed by atoms with Crippen LogP contribution in [-0.4, -0.2) is 28.4 Å². The van der Waals surface area contributed by atoms with Gasteiger partial charge < -0.3 is 9.73 Å². The molecule has 0 aliphatic carbocycles. The highest BCUT2D eigenvalue weighted by molar-refractivity contribution is 5.51. The van der Waals surface area contributed by atoms with Gasteiger partial charge in [-0.25, -0.2) is 4.98 Å². The van der Waals surface area contributed by atoms with Crippen molar-refractivity contribution in [2.24, 2.45) is 7.05 Å². The third-order valence-electron chi connectivity index (χ3n) is 2.63. The summed E-state index contributed by atoms with van der Waals surface area (Å²) < 4.78 is 7.52. The summed E-state index contributed by atoms with van der Waals surface area (Å²) in [6, 6.07) is 2.00. The summed E-state index contributed by atoms with van der Waals surface area (Å²) in [5, 5.41) is 7.40. The standard InChI is InChI=1S/C12H18N4O/c1-9-7-10(16(3)15-9)11-8-14-12(17-11)5-4-6-13-2/h7-8,13H,4-6H2,1-3H3. The largest absolute Gasteiger partial charge is 0.439 e. The molecule has 2 aromatic rings. The zero-order valence-electron chi connectivity index (χ0n) is 10.5. The van der Waals surface area contributed by atoms with Crippen LogP contribution >= 0.6 is 0 Å². The second-order valence-electron chi connectivity index (χ2n) is 4.12. The molecule has 0 saturated heterocycles. The van der Waals surface area contributed by atoms with Gasteiger partial charge in [0.25, 0.3) is 0 Å². The summed E-state index contributed by atoms with van der Waals surface area (Å²) in [6.45, 7) is 2.94. The molecule has 0 aromatic carbocycles. The molecule has 0 fully saturated rings. The number of hydrogen-bond donors (Lipinski definition) is 1. The molecule has 2 heterocycles. The van der Waals surface area contributed by atoms with E-state index >= 15 is 0 Å². The average molecular weight is 234 g/mol. The van der Waals surface area contributed by atoms with Crippen molar-refractivity contribution in [3.05, 3.63) is 23.8 Å². The Morgan fingerprint density at radius 1 is 1.47 bits per heavy atom. The van der Waals surface area contributed by atoms with Gasteiger partial charge >= 0.3 is 0 Å². The maximum Gasteiger partial charge on any atom is 0.195 e. The van der Waals surface area contributed by atoms with Crippen LogP contribution in [0.5, 0.6) is 0 Å². The molecule has 2 aromatic heterocycles. The Balaban J connectivity index is 2.10. The minimum absolute atomic E-state index is 0.785. The number of nitrogens with zero attached hydrogens (tertiary/aromatic N) is 3. The van der Waals surface area contributed by atoms with E-state index < -0.39 is 0 Å². The second kappa shape index (κ2) is 5.14. The third kappa shape index (κ3) is 2.74. The van der Waals surface area contributed by atoms with Gasteiger partial charge in [0.2, 0.25) is 0 Å². The van der Waals surface area contributed by atoms with Crippen molar-refractivity contribution in [3.8, 4) is 11.5 Å². The van der Waals surface area contributed by atoms with Crippen molar-refractivity contribution in [1.29, 1.82) is 0 Å². The van der Waals surface area contributed by atoms with Crippen molar-refractivity contribution in [1.82, 2.24) is 20.1 Å². The summed E-state index contributed by atoms with van der Waals surface area (Å²) in [7, 11) is 3.85. The van der Waals surface area contributed by atoms with Crippen LogP contribution in [0.4, 0.5) is 0 Å². The van der Waals surface area contributed by atoms with Gasteiger partial charge in [-0.1, -0.05) is 0 Å². The first kappa shape index (κ1) is 11.9. The number of oxazole rings is 1. The Labute approximate surface area is 101 Å². The third-order valence-corrected chi connectivity index (χ3v) is 2.63. The molecule has 5 nitrogen and oxygen atoms in total. The summed E-state index contributed by atoms with van der Waals surface area (Å²) >= 11 is 0. The predicted molar refractivity (Wildman–Crippen MR) is 65.7 cm³/mol. The van der Waals surface area contributed by atoms with E-state index in [1.165, 1.54) is 0 Å². The lowest BCUT2D eigenvalue weighted by Gasteiger charge is -1.97. The Kier molecular flexibility index (Phi) is 3.58. The van der Waals surface area contributed by atoms with Crippen molar-refractivity contribution in [2.75, 3.05) is 13.6 Å². The Morgan fingerprint density at radius 2 is 2.29 bits per heavy atom. The fourth-order valence-corrected chi connectivity index (χ4v) is 1.80. The first-order chi connectivity index (χ1) is 8.20. The van der Waals surface area contributed by atoms with Gasteiger partial charge in [-0.05, 0) is 33.0 Å². The molecule has 0 aliphatic rings. The first-order valence-corrected chi connectivity index (χ1v) is 5.81. The summed E-state index contributed by atoms with van der Waals surface area (Å²) in [6.07, 6.45) is 3.66. The minimum atomic E-state index is 0.785. The molecule has 0 amide bonds. The topological polar surface area (TPSA) is 55.9 Å². The number of aryl methyl sites for hydroxylation is 3. The fraction of sp³-hybridized carbons (Fsp3) is 0.500. The van der Waals surface area contributed by atoms with E-state index in [1.807, 2.05) is 31.8 Å².